The Balaban J connectivity index is 2.21. The van der Waals surface area contributed by atoms with Gasteiger partial charge in [-0.1, -0.05) is 0 Å². The molecule has 0 saturated carbocycles. The summed E-state index contributed by atoms with van der Waals surface area (Å²) in [4.78, 5) is 18.6. The average Bonchev–Trinajstić information content (AvgIpc) is 2.80. The molecule has 21 heavy (non-hydrogen) atoms. The van der Waals surface area contributed by atoms with E-state index < -0.39 is 21.8 Å². The van der Waals surface area contributed by atoms with Crippen LogP contribution in [0.5, 0.6) is 0 Å². The van der Waals surface area contributed by atoms with Gasteiger partial charge in [0.25, 0.3) is 0 Å². The van der Waals surface area contributed by atoms with Crippen LogP contribution in [-0.2, 0) is 16.6 Å². The number of aromatic nitrogens is 2. The predicted molar refractivity (Wildman–Crippen MR) is 71.2 cm³/mol. The molecule has 112 valence electrons. The number of carboxylic acids is 1. The van der Waals surface area contributed by atoms with Gasteiger partial charge in [0, 0.05) is 12.3 Å². The second-order valence-electron chi connectivity index (χ2n) is 4.26. The summed E-state index contributed by atoms with van der Waals surface area (Å²) in [6.07, 6.45) is 1.53. The van der Waals surface area contributed by atoms with E-state index in [1.54, 1.807) is 13.0 Å². The number of carbonyl (C=O) groups is 1. The number of furan rings is 1. The normalized spacial score (nSPS) is 11.5. The molecule has 0 saturated heterocycles. The molecule has 0 atom stereocenters. The highest BCUT2D eigenvalue weighted by molar-refractivity contribution is 7.89. The molecule has 0 bridgehead atoms. The van der Waals surface area contributed by atoms with Crippen molar-refractivity contribution in [1.82, 2.24) is 14.7 Å². The largest absolute Gasteiger partial charge is 0.475 e. The number of nitrogens with one attached hydrogen (secondary N) is 1. The van der Waals surface area contributed by atoms with Crippen LogP contribution in [0.15, 0.2) is 27.6 Å². The van der Waals surface area contributed by atoms with Gasteiger partial charge in [0.05, 0.1) is 12.2 Å². The Labute approximate surface area is 120 Å². The van der Waals surface area contributed by atoms with Gasteiger partial charge < -0.3 is 9.52 Å². The Kier molecular flexibility index (Phi) is 4.05. The quantitative estimate of drug-likeness (QED) is 0.839. The van der Waals surface area contributed by atoms with Crippen molar-refractivity contribution in [3.8, 4) is 0 Å². The van der Waals surface area contributed by atoms with Crippen LogP contribution in [0, 0.1) is 13.8 Å². The highest BCUT2D eigenvalue weighted by atomic mass is 32.2. The lowest BCUT2D eigenvalue weighted by Gasteiger charge is -2.05. The molecule has 0 fully saturated rings. The van der Waals surface area contributed by atoms with Crippen molar-refractivity contribution in [2.24, 2.45) is 0 Å². The summed E-state index contributed by atoms with van der Waals surface area (Å²) in [6, 6.07) is 2.56. The highest BCUT2D eigenvalue weighted by Gasteiger charge is 2.23. The van der Waals surface area contributed by atoms with E-state index in [1.807, 2.05) is 0 Å². The van der Waals surface area contributed by atoms with Crippen molar-refractivity contribution in [3.63, 3.8) is 0 Å². The summed E-state index contributed by atoms with van der Waals surface area (Å²) < 4.78 is 31.5. The molecule has 8 nitrogen and oxygen atoms in total. The van der Waals surface area contributed by atoms with Crippen LogP contribution in [0.1, 0.15) is 27.8 Å². The number of sulfonamides is 1. The summed E-state index contributed by atoms with van der Waals surface area (Å²) >= 11 is 0. The summed E-state index contributed by atoms with van der Waals surface area (Å²) in [6.45, 7) is 3.05. The number of nitrogens with zero attached hydrogens (tertiary/aromatic N) is 2. The molecule has 2 rings (SSSR count). The van der Waals surface area contributed by atoms with E-state index in [-0.39, 0.29) is 17.2 Å². The molecule has 2 aromatic heterocycles. The van der Waals surface area contributed by atoms with Gasteiger partial charge in [-0.2, -0.15) is 0 Å². The Morgan fingerprint density at radius 1 is 1.43 bits per heavy atom. The highest BCUT2D eigenvalue weighted by Crippen LogP contribution is 2.20. The van der Waals surface area contributed by atoms with Gasteiger partial charge in [0.2, 0.25) is 15.8 Å². The molecule has 2 aromatic rings. The Morgan fingerprint density at radius 2 is 2.14 bits per heavy atom. The number of aryl methyl sites for hydroxylation is 2. The SMILES string of the molecule is Cc1nccc(CNS(=O)(=O)c2cc(C(=O)O)oc2C)n1. The maximum Gasteiger partial charge on any atom is 0.371 e. The molecule has 0 aliphatic carbocycles. The van der Waals surface area contributed by atoms with Gasteiger partial charge in [0.15, 0.2) is 0 Å². The first-order valence-electron chi connectivity index (χ1n) is 5.91. The number of hydrogen-bond donors (Lipinski definition) is 2. The van der Waals surface area contributed by atoms with E-state index in [1.165, 1.54) is 13.1 Å². The fraction of sp³-hybridized carbons (Fsp3) is 0.250. The van der Waals surface area contributed by atoms with Crippen LogP contribution in [0.2, 0.25) is 0 Å². The van der Waals surface area contributed by atoms with Crippen molar-refractivity contribution in [2.45, 2.75) is 25.3 Å². The second-order valence-corrected chi connectivity index (χ2v) is 5.99. The van der Waals surface area contributed by atoms with Gasteiger partial charge in [-0.3, -0.25) is 0 Å². The molecule has 0 amide bonds. The Bertz CT molecular complexity index is 782. The zero-order chi connectivity index (χ0) is 15.6. The first-order valence-corrected chi connectivity index (χ1v) is 7.40. The predicted octanol–water partition coefficient (Wildman–Crippen LogP) is 0.863. The third kappa shape index (κ3) is 3.44. The van der Waals surface area contributed by atoms with Gasteiger partial charge >= 0.3 is 5.97 Å². The van der Waals surface area contributed by atoms with Gasteiger partial charge in [-0.25, -0.2) is 27.9 Å². The molecule has 0 aromatic carbocycles. The van der Waals surface area contributed by atoms with E-state index in [9.17, 15) is 13.2 Å². The topological polar surface area (TPSA) is 122 Å². The lowest BCUT2D eigenvalue weighted by Crippen LogP contribution is -2.24. The van der Waals surface area contributed by atoms with Crippen LogP contribution < -0.4 is 4.72 Å². The molecule has 2 heterocycles. The number of aromatic carboxylic acids is 1. The molecule has 0 aliphatic heterocycles. The van der Waals surface area contributed by atoms with E-state index in [0.29, 0.717) is 11.5 Å². The number of carboxylic acid groups (broad SMARTS) is 1. The fourth-order valence-electron chi connectivity index (χ4n) is 1.69. The first-order chi connectivity index (χ1) is 9.79. The van der Waals surface area contributed by atoms with Crippen LogP contribution in [0.25, 0.3) is 0 Å². The zero-order valence-corrected chi connectivity index (χ0v) is 12.1. The second kappa shape index (κ2) is 5.62. The molecule has 9 heteroatoms. The van der Waals surface area contributed by atoms with Gasteiger partial charge in [-0.15, -0.1) is 0 Å². The molecule has 0 unspecified atom stereocenters. The average molecular weight is 311 g/mol. The summed E-state index contributed by atoms with van der Waals surface area (Å²) in [5.74, 6) is -1.21. The molecule has 0 aliphatic rings. The maximum absolute atomic E-state index is 12.1. The Hall–Kier alpha value is -2.26. The molecule has 2 N–H and O–H groups in total. The third-order valence-corrected chi connectivity index (χ3v) is 4.16. The van der Waals surface area contributed by atoms with Gasteiger partial charge in [0.1, 0.15) is 16.5 Å². The Morgan fingerprint density at radius 3 is 2.71 bits per heavy atom. The summed E-state index contributed by atoms with van der Waals surface area (Å²) in [5.41, 5.74) is 0.505. The van der Waals surface area contributed by atoms with Crippen molar-refractivity contribution < 1.29 is 22.7 Å². The van der Waals surface area contributed by atoms with Crippen LogP contribution in [-0.4, -0.2) is 29.5 Å². The monoisotopic (exact) mass is 311 g/mol. The molecular weight excluding hydrogens is 298 g/mol. The molecule has 0 spiro atoms. The van der Waals surface area contributed by atoms with E-state index >= 15 is 0 Å². The van der Waals surface area contributed by atoms with Gasteiger partial charge in [-0.05, 0) is 19.9 Å². The molecular formula is C12H13N3O5S. The number of rotatable bonds is 5. The van der Waals surface area contributed by atoms with Crippen LogP contribution in [0.3, 0.4) is 0 Å². The number of hydrogen-bond acceptors (Lipinski definition) is 6. The van der Waals surface area contributed by atoms with Crippen molar-refractivity contribution >= 4 is 16.0 Å². The minimum Gasteiger partial charge on any atom is -0.475 e. The maximum atomic E-state index is 12.1. The van der Waals surface area contributed by atoms with E-state index in [0.717, 1.165) is 6.07 Å². The minimum atomic E-state index is -3.88. The lowest BCUT2D eigenvalue weighted by molar-refractivity contribution is 0.0661. The zero-order valence-electron chi connectivity index (χ0n) is 11.3. The van der Waals surface area contributed by atoms with E-state index in [2.05, 4.69) is 14.7 Å². The fourth-order valence-corrected chi connectivity index (χ4v) is 2.86. The van der Waals surface area contributed by atoms with Crippen molar-refractivity contribution in [3.05, 3.63) is 41.4 Å². The van der Waals surface area contributed by atoms with Crippen molar-refractivity contribution in [1.29, 1.82) is 0 Å². The molecule has 0 radical (unpaired) electrons. The lowest BCUT2D eigenvalue weighted by atomic mass is 10.4. The van der Waals surface area contributed by atoms with Crippen LogP contribution >= 0.6 is 0 Å². The third-order valence-electron chi connectivity index (χ3n) is 2.65. The summed E-state index contributed by atoms with van der Waals surface area (Å²) in [5, 5.41) is 8.80. The standard InChI is InChI=1S/C12H13N3O5S/c1-7-11(5-10(20-7)12(16)17)21(18,19)14-6-9-3-4-13-8(2)15-9/h3-5,14H,6H2,1-2H3,(H,16,17). The van der Waals surface area contributed by atoms with Crippen LogP contribution in [0.4, 0.5) is 0 Å². The van der Waals surface area contributed by atoms with E-state index in [4.69, 9.17) is 9.52 Å². The minimum absolute atomic E-state index is 0.0127. The first kappa shape index (κ1) is 15.1. The summed E-state index contributed by atoms with van der Waals surface area (Å²) in [7, 11) is -3.88. The van der Waals surface area contributed by atoms with Crippen molar-refractivity contribution in [2.75, 3.05) is 0 Å². The smallest absolute Gasteiger partial charge is 0.371 e.